The number of ether oxygens (including phenoxy) is 2. The molecule has 7 heteroatoms. The first kappa shape index (κ1) is 18.7. The molecule has 0 unspecified atom stereocenters. The molecule has 1 saturated carbocycles. The van der Waals surface area contributed by atoms with E-state index in [4.69, 9.17) is 9.47 Å². The first-order chi connectivity index (χ1) is 12.2. The molecule has 0 spiro atoms. The van der Waals surface area contributed by atoms with Crippen molar-refractivity contribution in [3.63, 3.8) is 0 Å². The third-order valence-corrected chi connectivity index (χ3v) is 5.06. The van der Waals surface area contributed by atoms with Crippen molar-refractivity contribution in [1.82, 2.24) is 14.7 Å². The Morgan fingerprint density at radius 3 is 2.46 bits per heavy atom. The number of rotatable bonds is 4. The van der Waals surface area contributed by atoms with E-state index in [0.29, 0.717) is 19.7 Å². The van der Waals surface area contributed by atoms with Crippen LogP contribution in [-0.4, -0.2) is 52.0 Å². The fourth-order valence-corrected chi connectivity index (χ4v) is 3.43. The van der Waals surface area contributed by atoms with Crippen molar-refractivity contribution < 1.29 is 19.1 Å². The Kier molecular flexibility index (Phi) is 4.99. The fraction of sp³-hybridized carbons (Fsp3) is 0.737. The van der Waals surface area contributed by atoms with Crippen LogP contribution in [-0.2, 0) is 19.7 Å². The van der Waals surface area contributed by atoms with E-state index in [1.54, 1.807) is 11.1 Å². The van der Waals surface area contributed by atoms with Gasteiger partial charge in [0.25, 0.3) is 0 Å². The zero-order chi connectivity index (χ0) is 18.9. The molecule has 2 fully saturated rings. The number of piperidine rings is 1. The predicted molar refractivity (Wildman–Crippen MR) is 95.9 cm³/mol. The number of nitrogens with zero attached hydrogens (tertiary/aromatic N) is 3. The largest absolute Gasteiger partial charge is 0.465 e. The molecule has 144 valence electrons. The molecule has 1 aromatic rings. The monoisotopic (exact) mass is 363 g/mol. The molecule has 1 amide bonds. The first-order valence-electron chi connectivity index (χ1n) is 9.45. The van der Waals surface area contributed by atoms with Crippen LogP contribution in [0, 0.1) is 0 Å². The molecular formula is C19H29N3O4. The lowest BCUT2D eigenvalue weighted by molar-refractivity contribution is -0.146. The van der Waals surface area contributed by atoms with E-state index in [1.807, 2.05) is 38.6 Å². The highest BCUT2D eigenvalue weighted by Gasteiger charge is 2.53. The molecule has 7 nitrogen and oxygen atoms in total. The molecule has 0 bridgehead atoms. The molecule has 1 aliphatic carbocycles. The maximum Gasteiger partial charge on any atom is 0.410 e. The van der Waals surface area contributed by atoms with Crippen LogP contribution in [0.3, 0.4) is 0 Å². The van der Waals surface area contributed by atoms with Crippen LogP contribution >= 0.6 is 0 Å². The number of amides is 1. The van der Waals surface area contributed by atoms with E-state index in [-0.39, 0.29) is 18.1 Å². The summed E-state index contributed by atoms with van der Waals surface area (Å²) in [5, 5.41) is 4.49. The van der Waals surface area contributed by atoms with E-state index in [2.05, 4.69) is 5.10 Å². The Balaban J connectivity index is 1.59. The summed E-state index contributed by atoms with van der Waals surface area (Å²) in [6.45, 7) is 9.16. The second kappa shape index (κ2) is 6.93. The minimum absolute atomic E-state index is 0.140. The summed E-state index contributed by atoms with van der Waals surface area (Å²) in [6, 6.07) is 0.237. The summed E-state index contributed by atoms with van der Waals surface area (Å²) in [7, 11) is 0. The van der Waals surface area contributed by atoms with E-state index < -0.39 is 11.0 Å². The number of hydrogen-bond donors (Lipinski definition) is 0. The summed E-state index contributed by atoms with van der Waals surface area (Å²) in [4.78, 5) is 26.2. The quantitative estimate of drug-likeness (QED) is 0.769. The van der Waals surface area contributed by atoms with Crippen LogP contribution in [0.2, 0.25) is 0 Å². The second-order valence-electron chi connectivity index (χ2n) is 8.21. The van der Waals surface area contributed by atoms with E-state index in [1.165, 1.54) is 0 Å². The normalized spacial score (nSPS) is 19.9. The van der Waals surface area contributed by atoms with Crippen molar-refractivity contribution in [2.24, 2.45) is 0 Å². The molecule has 26 heavy (non-hydrogen) atoms. The minimum atomic E-state index is -0.481. The molecule has 0 atom stereocenters. The van der Waals surface area contributed by atoms with Gasteiger partial charge < -0.3 is 14.4 Å². The molecule has 0 radical (unpaired) electrons. The fourth-order valence-electron chi connectivity index (χ4n) is 3.43. The van der Waals surface area contributed by atoms with Crippen LogP contribution in [0.25, 0.3) is 0 Å². The van der Waals surface area contributed by atoms with Gasteiger partial charge in [0, 0.05) is 24.8 Å². The zero-order valence-corrected chi connectivity index (χ0v) is 16.2. The number of esters is 1. The molecule has 1 aliphatic heterocycles. The van der Waals surface area contributed by atoms with Gasteiger partial charge in [-0.2, -0.15) is 5.10 Å². The number of likely N-dealkylation sites (tertiary alicyclic amines) is 1. The highest BCUT2D eigenvalue weighted by atomic mass is 16.6. The average molecular weight is 363 g/mol. The molecule has 3 rings (SSSR count). The van der Waals surface area contributed by atoms with Gasteiger partial charge in [-0.25, -0.2) is 4.79 Å². The van der Waals surface area contributed by atoms with Gasteiger partial charge in [-0.15, -0.1) is 0 Å². The topological polar surface area (TPSA) is 73.7 Å². The van der Waals surface area contributed by atoms with Crippen LogP contribution in [0.5, 0.6) is 0 Å². The van der Waals surface area contributed by atoms with Gasteiger partial charge >= 0.3 is 12.1 Å². The minimum Gasteiger partial charge on any atom is -0.465 e. The molecule has 1 saturated heterocycles. The summed E-state index contributed by atoms with van der Waals surface area (Å²) < 4.78 is 12.6. The lowest BCUT2D eigenvalue weighted by atomic mass is 10.00. The molecule has 0 N–H and O–H groups in total. The Morgan fingerprint density at radius 1 is 1.27 bits per heavy atom. The SMILES string of the molecule is CCOC(=O)C1(c2cnn(C3CCN(C(=O)OC(C)(C)C)CC3)c2)CC1. The lowest BCUT2D eigenvalue weighted by Crippen LogP contribution is -2.42. The van der Waals surface area contributed by atoms with Crippen molar-refractivity contribution in [3.8, 4) is 0 Å². The highest BCUT2D eigenvalue weighted by molar-refractivity contribution is 5.86. The standard InChI is InChI=1S/C19H29N3O4/c1-5-25-16(23)19(8-9-19)14-12-20-22(13-14)15-6-10-21(11-7-15)17(24)26-18(2,3)4/h12-13,15H,5-11H2,1-4H3. The molecule has 2 aliphatic rings. The van der Waals surface area contributed by atoms with Gasteiger partial charge in [0.15, 0.2) is 0 Å². The third-order valence-electron chi connectivity index (χ3n) is 5.06. The Morgan fingerprint density at radius 2 is 1.92 bits per heavy atom. The van der Waals surface area contributed by atoms with Crippen LogP contribution < -0.4 is 0 Å². The highest BCUT2D eigenvalue weighted by Crippen LogP contribution is 2.49. The molecular weight excluding hydrogens is 334 g/mol. The van der Waals surface area contributed by atoms with Crippen LogP contribution in [0.4, 0.5) is 4.79 Å². The van der Waals surface area contributed by atoms with Gasteiger partial charge in [-0.05, 0) is 53.4 Å². The van der Waals surface area contributed by atoms with Gasteiger partial charge in [0.05, 0.1) is 24.3 Å². The van der Waals surface area contributed by atoms with Crippen LogP contribution in [0.15, 0.2) is 12.4 Å². The number of carbonyl (C=O) groups excluding carboxylic acids is 2. The molecule has 2 heterocycles. The van der Waals surface area contributed by atoms with Crippen molar-refractivity contribution >= 4 is 12.1 Å². The Labute approximate surface area is 154 Å². The number of hydrogen-bond acceptors (Lipinski definition) is 5. The third kappa shape index (κ3) is 3.86. The van der Waals surface area contributed by atoms with Gasteiger partial charge in [-0.3, -0.25) is 9.48 Å². The smallest absolute Gasteiger partial charge is 0.410 e. The number of aromatic nitrogens is 2. The summed E-state index contributed by atoms with van der Waals surface area (Å²) in [5.74, 6) is -0.140. The molecule has 1 aromatic heterocycles. The van der Waals surface area contributed by atoms with E-state index in [9.17, 15) is 9.59 Å². The van der Waals surface area contributed by atoms with Crippen molar-refractivity contribution in [2.45, 2.75) is 70.4 Å². The second-order valence-corrected chi connectivity index (χ2v) is 8.21. The average Bonchev–Trinajstić information content (AvgIpc) is 3.24. The van der Waals surface area contributed by atoms with Gasteiger partial charge in [0.2, 0.25) is 0 Å². The van der Waals surface area contributed by atoms with Gasteiger partial charge in [-0.1, -0.05) is 0 Å². The predicted octanol–water partition coefficient (Wildman–Crippen LogP) is 3.05. The maximum absolute atomic E-state index is 12.2. The lowest BCUT2D eigenvalue weighted by Gasteiger charge is -2.33. The first-order valence-corrected chi connectivity index (χ1v) is 9.45. The van der Waals surface area contributed by atoms with Crippen LogP contribution in [0.1, 0.15) is 65.0 Å². The maximum atomic E-state index is 12.2. The molecule has 0 aromatic carbocycles. The van der Waals surface area contributed by atoms with Crippen molar-refractivity contribution in [3.05, 3.63) is 18.0 Å². The summed E-state index contributed by atoms with van der Waals surface area (Å²) >= 11 is 0. The Hall–Kier alpha value is -2.05. The summed E-state index contributed by atoms with van der Waals surface area (Å²) in [5.41, 5.74) is -0.00682. The summed E-state index contributed by atoms with van der Waals surface area (Å²) in [6.07, 6.45) is 6.83. The Bertz CT molecular complexity index is 665. The van der Waals surface area contributed by atoms with E-state index >= 15 is 0 Å². The zero-order valence-electron chi connectivity index (χ0n) is 16.2. The number of carbonyl (C=O) groups is 2. The van der Waals surface area contributed by atoms with Crippen molar-refractivity contribution in [2.75, 3.05) is 19.7 Å². The van der Waals surface area contributed by atoms with Gasteiger partial charge in [0.1, 0.15) is 5.60 Å². The van der Waals surface area contributed by atoms with E-state index in [0.717, 1.165) is 31.2 Å². The van der Waals surface area contributed by atoms with Crippen molar-refractivity contribution in [1.29, 1.82) is 0 Å².